The van der Waals surface area contributed by atoms with Crippen LogP contribution in [0.5, 0.6) is 0 Å². The highest BCUT2D eigenvalue weighted by Crippen LogP contribution is 2.18. The van der Waals surface area contributed by atoms with Crippen LogP contribution in [0, 0.1) is 0 Å². The summed E-state index contributed by atoms with van der Waals surface area (Å²) in [5, 5.41) is 0. The van der Waals surface area contributed by atoms with E-state index < -0.39 is 6.10 Å². The Bertz CT molecular complexity index is 1530. The monoisotopic (exact) mass is 1130 g/mol. The fourth-order valence-electron chi connectivity index (χ4n) is 10.2. The third-order valence-corrected chi connectivity index (χ3v) is 15.4. The summed E-state index contributed by atoms with van der Waals surface area (Å²) < 4.78 is 17.0. The normalized spacial score (nSPS) is 12.6. The number of hydrogen-bond acceptors (Lipinski definition) is 6. The lowest BCUT2D eigenvalue weighted by molar-refractivity contribution is -0.167. The van der Waals surface area contributed by atoms with Crippen molar-refractivity contribution >= 4 is 17.9 Å². The van der Waals surface area contributed by atoms with E-state index in [0.29, 0.717) is 19.3 Å². The van der Waals surface area contributed by atoms with Crippen molar-refractivity contribution < 1.29 is 28.6 Å². The Morgan fingerprint density at radius 3 is 0.790 bits per heavy atom. The van der Waals surface area contributed by atoms with Crippen LogP contribution in [0.25, 0.3) is 0 Å². The smallest absolute Gasteiger partial charge is 0.306 e. The Balaban J connectivity index is 4.39. The van der Waals surface area contributed by atoms with Crippen molar-refractivity contribution in [3.63, 3.8) is 0 Å². The average molecular weight is 1130 g/mol. The van der Waals surface area contributed by atoms with Gasteiger partial charge in [-0.15, -0.1) is 0 Å². The molecule has 1 unspecified atom stereocenters. The lowest BCUT2D eigenvalue weighted by atomic mass is 10.0. The molecule has 468 valence electrons. The lowest BCUT2D eigenvalue weighted by Gasteiger charge is -2.18. The Morgan fingerprint density at radius 1 is 0.259 bits per heavy atom. The fraction of sp³-hybridized carbons (Fsp3) is 0.773. The quantitative estimate of drug-likeness (QED) is 0.0261. The number of rotatable bonds is 64. The summed E-state index contributed by atoms with van der Waals surface area (Å²) in [5.41, 5.74) is 0. The topological polar surface area (TPSA) is 78.9 Å². The molecule has 0 aliphatic heterocycles. The Hall–Kier alpha value is -3.41. The van der Waals surface area contributed by atoms with Crippen LogP contribution < -0.4 is 0 Å². The molecular formula is C75H132O6. The summed E-state index contributed by atoms with van der Waals surface area (Å²) in [6, 6.07) is 0. The molecule has 0 saturated carbocycles. The third kappa shape index (κ3) is 67.3. The number of carbonyl (C=O) groups excluding carboxylic acids is 3. The first-order valence-corrected chi connectivity index (χ1v) is 35.1. The van der Waals surface area contributed by atoms with Crippen LogP contribution >= 0.6 is 0 Å². The largest absolute Gasteiger partial charge is 0.462 e. The van der Waals surface area contributed by atoms with Gasteiger partial charge in [-0.3, -0.25) is 14.4 Å². The number of hydrogen-bond donors (Lipinski definition) is 0. The van der Waals surface area contributed by atoms with Gasteiger partial charge in [0.25, 0.3) is 0 Å². The van der Waals surface area contributed by atoms with Gasteiger partial charge in [-0.25, -0.2) is 0 Å². The second kappa shape index (κ2) is 69.1. The third-order valence-electron chi connectivity index (χ3n) is 15.4. The molecule has 0 radical (unpaired) electrons. The van der Waals surface area contributed by atoms with Crippen molar-refractivity contribution in [1.82, 2.24) is 0 Å². The number of esters is 3. The van der Waals surface area contributed by atoms with E-state index in [1.165, 1.54) is 218 Å². The van der Waals surface area contributed by atoms with Crippen LogP contribution in [0.15, 0.2) is 85.1 Å². The van der Waals surface area contributed by atoms with Gasteiger partial charge in [-0.1, -0.05) is 324 Å². The highest BCUT2D eigenvalue weighted by Gasteiger charge is 2.19. The van der Waals surface area contributed by atoms with Crippen molar-refractivity contribution in [2.45, 2.75) is 361 Å². The first-order valence-electron chi connectivity index (χ1n) is 35.1. The number of allylic oxidation sites excluding steroid dienone is 14. The molecule has 0 aliphatic rings. The van der Waals surface area contributed by atoms with E-state index in [1.807, 2.05) is 0 Å². The molecule has 0 aromatic heterocycles. The molecular weight excluding hydrogens is 997 g/mol. The summed E-state index contributed by atoms with van der Waals surface area (Å²) in [5.74, 6) is -0.915. The van der Waals surface area contributed by atoms with Gasteiger partial charge in [-0.2, -0.15) is 0 Å². The van der Waals surface area contributed by atoms with E-state index in [2.05, 4.69) is 106 Å². The molecule has 0 amide bonds. The first kappa shape index (κ1) is 77.6. The van der Waals surface area contributed by atoms with Crippen molar-refractivity contribution in [1.29, 1.82) is 0 Å². The van der Waals surface area contributed by atoms with E-state index in [-0.39, 0.29) is 37.5 Å². The zero-order valence-electron chi connectivity index (χ0n) is 53.8. The predicted octanol–water partition coefficient (Wildman–Crippen LogP) is 24.2. The highest BCUT2D eigenvalue weighted by atomic mass is 16.6. The molecule has 81 heavy (non-hydrogen) atoms. The van der Waals surface area contributed by atoms with E-state index in [4.69, 9.17) is 14.2 Å². The molecule has 0 N–H and O–H groups in total. The van der Waals surface area contributed by atoms with Crippen molar-refractivity contribution in [2.75, 3.05) is 13.2 Å². The van der Waals surface area contributed by atoms with Crippen molar-refractivity contribution in [3.05, 3.63) is 85.1 Å². The minimum absolute atomic E-state index is 0.0906. The highest BCUT2D eigenvalue weighted by molar-refractivity contribution is 5.71. The molecule has 0 aliphatic carbocycles. The van der Waals surface area contributed by atoms with E-state index >= 15 is 0 Å². The molecule has 0 rings (SSSR count). The van der Waals surface area contributed by atoms with E-state index in [9.17, 15) is 14.4 Å². The predicted molar refractivity (Wildman–Crippen MR) is 353 cm³/mol. The van der Waals surface area contributed by atoms with E-state index in [1.54, 1.807) is 0 Å². The Morgan fingerprint density at radius 2 is 0.481 bits per heavy atom. The Kier molecular flexibility index (Phi) is 66.2. The van der Waals surface area contributed by atoms with Crippen LogP contribution in [0.3, 0.4) is 0 Å². The maximum atomic E-state index is 12.9. The SMILES string of the molecule is CC/C=C\C/C=C\C/C=C\C/C=C\C/C=C\C/C=C\CCCCC(=O)OC(COC(=O)CCCCCCCCCCCCCCC/C=C\CCCCCCCCCC)COC(=O)CCCCCCCCCCCCCCCCCCC. The minimum Gasteiger partial charge on any atom is -0.462 e. The second-order valence-corrected chi connectivity index (χ2v) is 23.4. The maximum Gasteiger partial charge on any atom is 0.306 e. The van der Waals surface area contributed by atoms with Gasteiger partial charge in [0.2, 0.25) is 0 Å². The summed E-state index contributed by atoms with van der Waals surface area (Å²) in [6.45, 7) is 6.55. The molecule has 0 heterocycles. The summed E-state index contributed by atoms with van der Waals surface area (Å²) in [7, 11) is 0. The molecule has 0 spiro atoms. The first-order chi connectivity index (χ1) is 40.0. The molecule has 0 aromatic carbocycles. The summed E-state index contributed by atoms with van der Waals surface area (Å²) >= 11 is 0. The number of unbranched alkanes of at least 4 members (excludes halogenated alkanes) is 39. The van der Waals surface area contributed by atoms with E-state index in [0.717, 1.165) is 89.9 Å². The average Bonchev–Trinajstić information content (AvgIpc) is 3.47. The fourth-order valence-corrected chi connectivity index (χ4v) is 10.2. The molecule has 1 atom stereocenters. The van der Waals surface area contributed by atoms with Crippen molar-refractivity contribution in [3.8, 4) is 0 Å². The summed E-state index contributed by atoms with van der Waals surface area (Å²) in [6.07, 6.45) is 91.8. The summed E-state index contributed by atoms with van der Waals surface area (Å²) in [4.78, 5) is 38.4. The number of ether oxygens (including phenoxy) is 3. The molecule has 0 aromatic rings. The molecule has 6 nitrogen and oxygen atoms in total. The van der Waals surface area contributed by atoms with Crippen LogP contribution in [0.4, 0.5) is 0 Å². The Labute approximate surface area is 503 Å². The van der Waals surface area contributed by atoms with Gasteiger partial charge in [0.05, 0.1) is 0 Å². The van der Waals surface area contributed by atoms with Gasteiger partial charge < -0.3 is 14.2 Å². The van der Waals surface area contributed by atoms with Crippen LogP contribution in [-0.2, 0) is 28.6 Å². The number of carbonyl (C=O) groups is 3. The van der Waals surface area contributed by atoms with Crippen LogP contribution in [-0.4, -0.2) is 37.2 Å². The zero-order chi connectivity index (χ0) is 58.5. The van der Waals surface area contributed by atoms with Crippen LogP contribution in [0.2, 0.25) is 0 Å². The van der Waals surface area contributed by atoms with Gasteiger partial charge >= 0.3 is 17.9 Å². The zero-order valence-corrected chi connectivity index (χ0v) is 53.8. The minimum atomic E-state index is -0.800. The second-order valence-electron chi connectivity index (χ2n) is 23.4. The molecule has 6 heteroatoms. The van der Waals surface area contributed by atoms with Gasteiger partial charge in [0.1, 0.15) is 13.2 Å². The maximum absolute atomic E-state index is 12.9. The van der Waals surface area contributed by atoms with Crippen LogP contribution in [0.1, 0.15) is 355 Å². The molecule has 0 bridgehead atoms. The van der Waals surface area contributed by atoms with Gasteiger partial charge in [-0.05, 0) is 96.3 Å². The lowest BCUT2D eigenvalue weighted by Crippen LogP contribution is -2.30. The van der Waals surface area contributed by atoms with Gasteiger partial charge in [0, 0.05) is 19.3 Å². The molecule has 0 saturated heterocycles. The van der Waals surface area contributed by atoms with Gasteiger partial charge in [0.15, 0.2) is 6.10 Å². The molecule has 0 fully saturated rings. The standard InChI is InChI=1S/C75H132O6/c1-4-7-10-13-16-19-22-25-28-31-33-35-36-37-38-40-41-44-47-50-53-56-59-62-65-68-74(77)80-71-72(70-79-73(76)67-64-61-58-55-52-49-46-43-30-27-24-21-18-15-12-9-6-3)81-75(78)69-66-63-60-57-54-51-48-45-42-39-34-32-29-26-23-20-17-14-11-8-5-2/h8,11,17,20,26,29,31,33-34,39,45,48,54,57,72H,4-7,9-10,12-16,18-19,21-25,27-28,30,32,35-38,40-44,46-47,49-53,55-56,58-71H2,1-3H3/b11-8-,20-17-,29-26-,33-31-,39-34-,48-45-,57-54-. The van der Waals surface area contributed by atoms with Crippen molar-refractivity contribution in [2.24, 2.45) is 0 Å².